The zero-order valence-electron chi connectivity index (χ0n) is 26.3. The fourth-order valence-electron chi connectivity index (χ4n) is 3.96. The van der Waals surface area contributed by atoms with E-state index in [1.807, 2.05) is 0 Å². The van der Waals surface area contributed by atoms with Crippen LogP contribution in [-0.2, 0) is 64.6 Å². The summed E-state index contributed by atoms with van der Waals surface area (Å²) in [7, 11) is 1.46. The molecule has 0 unspecified atom stereocenters. The first-order valence-corrected chi connectivity index (χ1v) is 14.3. The van der Waals surface area contributed by atoms with Gasteiger partial charge in [0.15, 0.2) is 0 Å². The summed E-state index contributed by atoms with van der Waals surface area (Å²) in [4.78, 5) is 47.0. The lowest BCUT2D eigenvalue weighted by Gasteiger charge is -2.17. The van der Waals surface area contributed by atoms with Crippen molar-refractivity contribution in [3.8, 4) is 29.4 Å². The minimum absolute atomic E-state index is 0.0792. The summed E-state index contributed by atoms with van der Waals surface area (Å²) in [6, 6.07) is 15.8. The molecular weight excluding hydrogens is 612 g/mol. The Bertz CT molecular complexity index is 1840. The van der Waals surface area contributed by atoms with E-state index in [4.69, 9.17) is 23.7 Å². The van der Waals surface area contributed by atoms with Gasteiger partial charge in [0.2, 0.25) is 0 Å². The van der Waals surface area contributed by atoms with Gasteiger partial charge in [-0.05, 0) is 41.5 Å². The average Bonchev–Trinajstić information content (AvgIpc) is 3.12. The summed E-state index contributed by atoms with van der Waals surface area (Å²) in [6.45, 7) is 13.3. The Labute approximate surface area is 279 Å². The van der Waals surface area contributed by atoms with Crippen LogP contribution in [0, 0.1) is 23.7 Å². The second-order valence-corrected chi connectivity index (χ2v) is 9.60. The lowest BCUT2D eigenvalue weighted by molar-refractivity contribution is -0.140. The largest absolute Gasteiger partial charge is 0.495 e. The van der Waals surface area contributed by atoms with Gasteiger partial charge in [0.25, 0.3) is 0 Å². The smallest absolute Gasteiger partial charge is 0.330 e. The second kappa shape index (κ2) is 18.4. The number of benzene rings is 3. The summed E-state index contributed by atoms with van der Waals surface area (Å²) < 4.78 is 26.6. The van der Waals surface area contributed by atoms with Crippen LogP contribution in [0.4, 0.5) is 0 Å². The van der Waals surface area contributed by atoms with Gasteiger partial charge < -0.3 is 23.7 Å². The van der Waals surface area contributed by atoms with Crippen molar-refractivity contribution in [2.45, 2.75) is 26.4 Å². The molecule has 0 saturated carbocycles. The minimum Gasteiger partial charge on any atom is -0.495 e. The van der Waals surface area contributed by atoms with Crippen LogP contribution in [0.5, 0.6) is 5.75 Å². The van der Waals surface area contributed by atoms with Crippen molar-refractivity contribution < 1.29 is 42.9 Å². The van der Waals surface area contributed by atoms with Crippen LogP contribution in [0.2, 0.25) is 0 Å². The maximum Gasteiger partial charge on any atom is 0.330 e. The normalized spacial score (nSPS) is 9.60. The van der Waals surface area contributed by atoms with Crippen LogP contribution >= 0.6 is 0 Å². The van der Waals surface area contributed by atoms with Crippen molar-refractivity contribution >= 4 is 23.9 Å². The van der Waals surface area contributed by atoms with Crippen LogP contribution in [-0.4, -0.2) is 31.0 Å². The molecule has 0 heterocycles. The van der Waals surface area contributed by atoms with Gasteiger partial charge in [-0.2, -0.15) is 0 Å². The molecule has 0 aliphatic carbocycles. The zero-order chi connectivity index (χ0) is 34.9. The molecule has 48 heavy (non-hydrogen) atoms. The Hall–Kier alpha value is -6.58. The summed E-state index contributed by atoms with van der Waals surface area (Å²) in [6.07, 6.45) is 4.24. The highest BCUT2D eigenvalue weighted by atomic mass is 16.5. The van der Waals surface area contributed by atoms with Crippen molar-refractivity contribution in [3.05, 3.63) is 150 Å². The van der Waals surface area contributed by atoms with Crippen LogP contribution in [0.15, 0.2) is 105 Å². The van der Waals surface area contributed by atoms with Crippen molar-refractivity contribution in [2.75, 3.05) is 7.11 Å². The third kappa shape index (κ3) is 10.8. The summed E-state index contributed by atoms with van der Waals surface area (Å²) in [5, 5.41) is 0. The molecule has 0 bridgehead atoms. The molecule has 0 spiro atoms. The van der Waals surface area contributed by atoms with Gasteiger partial charge in [-0.1, -0.05) is 74.3 Å². The van der Waals surface area contributed by atoms with Gasteiger partial charge in [-0.25, -0.2) is 19.2 Å². The number of methoxy groups -OCH3 is 1. The highest BCUT2D eigenvalue weighted by molar-refractivity contribution is 5.82. The highest BCUT2D eigenvalue weighted by Gasteiger charge is 2.20. The maximum atomic E-state index is 12.1. The van der Waals surface area contributed by atoms with E-state index in [0.29, 0.717) is 39.1 Å². The van der Waals surface area contributed by atoms with Crippen molar-refractivity contribution in [1.29, 1.82) is 0 Å². The van der Waals surface area contributed by atoms with Crippen molar-refractivity contribution in [2.24, 2.45) is 0 Å². The first-order chi connectivity index (χ1) is 23.2. The van der Waals surface area contributed by atoms with Gasteiger partial charge in [-0.15, -0.1) is 0 Å². The predicted molar refractivity (Wildman–Crippen MR) is 178 cm³/mol. The molecule has 0 N–H and O–H groups in total. The molecule has 0 atom stereocenters. The topological polar surface area (TPSA) is 114 Å². The van der Waals surface area contributed by atoms with E-state index in [9.17, 15) is 19.2 Å². The zero-order valence-corrected chi connectivity index (χ0v) is 26.3. The number of carbonyl (C=O) groups is 4. The third-order valence-corrected chi connectivity index (χ3v) is 6.46. The fraction of sp³-hybridized carbons (Fsp3) is 0.128. The van der Waals surface area contributed by atoms with E-state index in [0.717, 1.165) is 35.4 Å². The molecule has 0 amide bonds. The molecule has 242 valence electrons. The molecule has 9 nitrogen and oxygen atoms in total. The van der Waals surface area contributed by atoms with Gasteiger partial charge >= 0.3 is 23.9 Å². The van der Waals surface area contributed by atoms with Crippen LogP contribution < -0.4 is 4.74 Å². The van der Waals surface area contributed by atoms with E-state index in [-0.39, 0.29) is 26.4 Å². The summed E-state index contributed by atoms with van der Waals surface area (Å²) in [5.41, 5.74) is 4.45. The lowest BCUT2D eigenvalue weighted by Crippen LogP contribution is -2.11. The predicted octanol–water partition coefficient (Wildman–Crippen LogP) is 5.41. The minimum atomic E-state index is -0.676. The molecule has 0 fully saturated rings. The Kier molecular flexibility index (Phi) is 13.8. The molecule has 0 aliphatic rings. The fourth-order valence-corrected chi connectivity index (χ4v) is 3.96. The molecule has 3 aromatic carbocycles. The Morgan fingerprint density at radius 2 is 0.958 bits per heavy atom. The number of hydrogen-bond acceptors (Lipinski definition) is 9. The SMILES string of the molecule is C=CC(=O)OCc1ccc(C#Cc2cc(OC)c(C#Cc3ccc(COC(=O)C=C)cc3)c(COC(=O)C=C)c2COC(=O)C=C)cc1. The third-order valence-electron chi connectivity index (χ3n) is 6.46. The molecule has 3 aromatic rings. The van der Waals surface area contributed by atoms with E-state index < -0.39 is 23.9 Å². The molecule has 0 saturated heterocycles. The van der Waals surface area contributed by atoms with E-state index >= 15 is 0 Å². The van der Waals surface area contributed by atoms with E-state index in [2.05, 4.69) is 50.0 Å². The Balaban J connectivity index is 2.09. The molecule has 9 heteroatoms. The molecule has 0 aromatic heterocycles. The van der Waals surface area contributed by atoms with E-state index in [1.54, 1.807) is 54.6 Å². The van der Waals surface area contributed by atoms with Crippen LogP contribution in [0.1, 0.15) is 44.5 Å². The van der Waals surface area contributed by atoms with Crippen molar-refractivity contribution in [3.63, 3.8) is 0 Å². The first kappa shape index (κ1) is 35.9. The number of hydrogen-bond donors (Lipinski definition) is 0. The lowest BCUT2D eigenvalue weighted by atomic mass is 9.95. The highest BCUT2D eigenvalue weighted by Crippen LogP contribution is 2.30. The van der Waals surface area contributed by atoms with Gasteiger partial charge in [-0.3, -0.25) is 0 Å². The van der Waals surface area contributed by atoms with Gasteiger partial charge in [0.1, 0.15) is 32.2 Å². The molecule has 3 rings (SSSR count). The number of ether oxygens (including phenoxy) is 5. The Morgan fingerprint density at radius 3 is 1.38 bits per heavy atom. The summed E-state index contributed by atoms with van der Waals surface area (Å²) in [5.74, 6) is 10.3. The van der Waals surface area contributed by atoms with Crippen molar-refractivity contribution in [1.82, 2.24) is 0 Å². The van der Waals surface area contributed by atoms with Gasteiger partial charge in [0.05, 0.1) is 12.7 Å². The van der Waals surface area contributed by atoms with Crippen LogP contribution in [0.3, 0.4) is 0 Å². The number of esters is 4. The molecule has 0 radical (unpaired) electrons. The monoisotopic (exact) mass is 644 g/mol. The standard InChI is InChI=1S/C39H32O9/c1-6-36(40)45-23-29-14-10-27(11-15-29)18-20-31-22-35(44-5)32(21-19-28-12-16-30(17-13-28)24-46-37(41)7-2)34(26-48-39(43)9-4)33(31)25-47-38(42)8-3/h6-17,22H,1-4,23-26H2,5H3. The number of rotatable bonds is 13. The number of carbonyl (C=O) groups excluding carboxylic acids is 4. The second-order valence-electron chi connectivity index (χ2n) is 9.60. The van der Waals surface area contributed by atoms with Crippen LogP contribution in [0.25, 0.3) is 0 Å². The van der Waals surface area contributed by atoms with E-state index in [1.165, 1.54) is 7.11 Å². The first-order valence-electron chi connectivity index (χ1n) is 14.3. The quantitative estimate of drug-likeness (QED) is 0.104. The molecular formula is C39H32O9. The molecule has 0 aliphatic heterocycles. The van der Waals surface area contributed by atoms with Gasteiger partial charge in [0, 0.05) is 52.1 Å². The average molecular weight is 645 g/mol. The summed E-state index contributed by atoms with van der Waals surface area (Å²) >= 11 is 0. The maximum absolute atomic E-state index is 12.1. The Morgan fingerprint density at radius 1 is 0.562 bits per heavy atom.